The summed E-state index contributed by atoms with van der Waals surface area (Å²) in [6.07, 6.45) is -4.44. The molecular formula is C12H10Cl2F3NS. The quantitative estimate of drug-likeness (QED) is 0.834. The maximum absolute atomic E-state index is 12.5. The van der Waals surface area contributed by atoms with Gasteiger partial charge < -0.3 is 5.73 Å². The molecule has 2 N–H and O–H groups in total. The number of hydrogen-bond acceptors (Lipinski definition) is 2. The zero-order valence-electron chi connectivity index (χ0n) is 9.45. The second-order valence-corrected chi connectivity index (χ2v) is 4.96. The molecule has 0 unspecified atom stereocenters. The van der Waals surface area contributed by atoms with E-state index in [-0.39, 0.29) is 17.4 Å². The lowest BCUT2D eigenvalue weighted by atomic mass is 10.0. The summed E-state index contributed by atoms with van der Waals surface area (Å²) in [5, 5.41) is 3.39. The minimum Gasteiger partial charge on any atom is -0.320 e. The number of alkyl halides is 3. The Bertz CT molecular complexity index is 540. The molecule has 0 aliphatic carbocycles. The van der Waals surface area contributed by atoms with Gasteiger partial charge >= 0.3 is 6.18 Å². The Labute approximate surface area is 123 Å². The van der Waals surface area contributed by atoms with E-state index in [0.717, 1.165) is 11.6 Å². The Kier molecular flexibility index (Phi) is 5.26. The molecule has 2 rings (SSSR count). The maximum atomic E-state index is 12.5. The van der Waals surface area contributed by atoms with Gasteiger partial charge in [-0.25, -0.2) is 0 Å². The summed E-state index contributed by atoms with van der Waals surface area (Å²) in [5.74, 6) is 0. The van der Waals surface area contributed by atoms with Crippen LogP contribution >= 0.6 is 35.3 Å². The average Bonchev–Trinajstić information content (AvgIpc) is 2.79. The van der Waals surface area contributed by atoms with Crippen LogP contribution in [0.5, 0.6) is 0 Å². The fourth-order valence-electron chi connectivity index (χ4n) is 1.60. The fraction of sp³-hybridized carbons (Fsp3) is 0.167. The van der Waals surface area contributed by atoms with Crippen molar-refractivity contribution in [3.63, 3.8) is 0 Å². The second-order valence-electron chi connectivity index (χ2n) is 3.77. The molecule has 0 radical (unpaired) electrons. The highest BCUT2D eigenvalue weighted by atomic mass is 35.5. The molecular weight excluding hydrogens is 318 g/mol. The first-order valence-corrected chi connectivity index (χ1v) is 6.36. The third kappa shape index (κ3) is 3.63. The Morgan fingerprint density at radius 2 is 1.84 bits per heavy atom. The van der Waals surface area contributed by atoms with Gasteiger partial charge in [0.05, 0.1) is 16.6 Å². The fourth-order valence-corrected chi connectivity index (χ4v) is 2.59. The van der Waals surface area contributed by atoms with Gasteiger partial charge in [-0.3, -0.25) is 0 Å². The van der Waals surface area contributed by atoms with E-state index in [9.17, 15) is 13.2 Å². The van der Waals surface area contributed by atoms with E-state index in [4.69, 9.17) is 17.3 Å². The van der Waals surface area contributed by atoms with Crippen molar-refractivity contribution < 1.29 is 13.2 Å². The molecule has 19 heavy (non-hydrogen) atoms. The Hall–Kier alpha value is -0.750. The predicted octanol–water partition coefficient (Wildman–Crippen LogP) is 4.89. The van der Waals surface area contributed by atoms with E-state index >= 15 is 0 Å². The summed E-state index contributed by atoms with van der Waals surface area (Å²) in [4.78, 5) is 0. The van der Waals surface area contributed by atoms with E-state index in [2.05, 4.69) is 0 Å². The number of thiophene rings is 1. The van der Waals surface area contributed by atoms with Gasteiger partial charge in [0.15, 0.2) is 0 Å². The summed E-state index contributed by atoms with van der Waals surface area (Å²) >= 11 is 7.13. The van der Waals surface area contributed by atoms with Crippen LogP contribution in [-0.2, 0) is 6.18 Å². The van der Waals surface area contributed by atoms with Crippen LogP contribution in [0.25, 0.3) is 0 Å². The van der Waals surface area contributed by atoms with Crippen LogP contribution in [0.15, 0.2) is 35.0 Å². The minimum absolute atomic E-state index is 0. The van der Waals surface area contributed by atoms with E-state index in [1.807, 2.05) is 16.8 Å². The van der Waals surface area contributed by atoms with Gasteiger partial charge in [0.2, 0.25) is 0 Å². The molecule has 0 aliphatic rings. The maximum Gasteiger partial charge on any atom is 0.417 e. The number of hydrogen-bond donors (Lipinski definition) is 1. The molecule has 1 heterocycles. The van der Waals surface area contributed by atoms with Crippen LogP contribution < -0.4 is 5.73 Å². The van der Waals surface area contributed by atoms with E-state index in [1.165, 1.54) is 23.5 Å². The molecule has 1 atom stereocenters. The first-order valence-electron chi connectivity index (χ1n) is 5.04. The topological polar surface area (TPSA) is 26.0 Å². The molecule has 0 fully saturated rings. The van der Waals surface area contributed by atoms with Gasteiger partial charge in [0.25, 0.3) is 0 Å². The van der Waals surface area contributed by atoms with Crippen molar-refractivity contribution in [2.24, 2.45) is 5.73 Å². The molecule has 2 aromatic rings. The molecule has 0 bridgehead atoms. The van der Waals surface area contributed by atoms with E-state index in [0.29, 0.717) is 5.56 Å². The zero-order valence-corrected chi connectivity index (χ0v) is 11.8. The monoisotopic (exact) mass is 327 g/mol. The van der Waals surface area contributed by atoms with Crippen LogP contribution in [0.3, 0.4) is 0 Å². The van der Waals surface area contributed by atoms with E-state index in [1.54, 1.807) is 0 Å². The molecule has 0 saturated heterocycles. The highest BCUT2D eigenvalue weighted by molar-refractivity contribution is 7.08. The number of nitrogens with two attached hydrogens (primary N) is 1. The first kappa shape index (κ1) is 16.3. The summed E-state index contributed by atoms with van der Waals surface area (Å²) in [6, 6.07) is 4.96. The van der Waals surface area contributed by atoms with Crippen molar-refractivity contribution in [3.05, 3.63) is 56.7 Å². The molecule has 7 heteroatoms. The third-order valence-corrected chi connectivity index (χ3v) is 3.57. The number of rotatable bonds is 2. The first-order chi connectivity index (χ1) is 8.39. The van der Waals surface area contributed by atoms with Gasteiger partial charge in [-0.05, 0) is 40.1 Å². The summed E-state index contributed by atoms with van der Waals surface area (Å²) in [6.45, 7) is 0. The highest BCUT2D eigenvalue weighted by Crippen LogP contribution is 2.36. The lowest BCUT2D eigenvalue weighted by molar-refractivity contribution is -0.137. The minimum atomic E-state index is -4.44. The molecule has 1 aromatic heterocycles. The van der Waals surface area contributed by atoms with Crippen molar-refractivity contribution in [2.75, 3.05) is 0 Å². The van der Waals surface area contributed by atoms with Crippen LogP contribution in [0.2, 0.25) is 5.02 Å². The summed E-state index contributed by atoms with van der Waals surface area (Å²) in [5.41, 5.74) is 6.53. The lowest BCUT2D eigenvalue weighted by Crippen LogP contribution is -2.12. The van der Waals surface area contributed by atoms with Gasteiger partial charge in [0, 0.05) is 0 Å². The van der Waals surface area contributed by atoms with Gasteiger partial charge in [-0.15, -0.1) is 12.4 Å². The molecule has 0 amide bonds. The summed E-state index contributed by atoms with van der Waals surface area (Å²) < 4.78 is 37.6. The van der Waals surface area contributed by atoms with Gasteiger partial charge in [-0.2, -0.15) is 24.5 Å². The molecule has 0 aliphatic heterocycles. The number of benzene rings is 1. The van der Waals surface area contributed by atoms with Crippen molar-refractivity contribution in [1.29, 1.82) is 0 Å². The van der Waals surface area contributed by atoms with Crippen molar-refractivity contribution >= 4 is 35.3 Å². The molecule has 0 saturated carbocycles. The molecule has 1 aromatic carbocycles. The predicted molar refractivity (Wildman–Crippen MR) is 74.1 cm³/mol. The van der Waals surface area contributed by atoms with Crippen LogP contribution in [0.4, 0.5) is 13.2 Å². The van der Waals surface area contributed by atoms with Crippen molar-refractivity contribution in [2.45, 2.75) is 12.2 Å². The largest absolute Gasteiger partial charge is 0.417 e. The Morgan fingerprint density at radius 3 is 2.32 bits per heavy atom. The SMILES string of the molecule is Cl.N[C@@H](c1ccsc1)c1ccc(C(F)(F)F)c(Cl)c1. The van der Waals surface area contributed by atoms with Crippen LogP contribution in [0, 0.1) is 0 Å². The average molecular weight is 328 g/mol. The normalized spacial score (nSPS) is 12.9. The summed E-state index contributed by atoms with van der Waals surface area (Å²) in [7, 11) is 0. The van der Waals surface area contributed by atoms with E-state index < -0.39 is 17.8 Å². The number of halogens is 5. The van der Waals surface area contributed by atoms with Gasteiger partial charge in [-0.1, -0.05) is 17.7 Å². The molecule has 104 valence electrons. The Balaban J connectivity index is 0.00000180. The third-order valence-electron chi connectivity index (χ3n) is 2.56. The molecule has 0 spiro atoms. The lowest BCUT2D eigenvalue weighted by Gasteiger charge is -2.14. The standard InChI is InChI=1S/C12H9ClF3NS.ClH/c13-10-5-7(1-2-9(10)12(14,15)16)11(17)8-3-4-18-6-8;/h1-6,11H,17H2;1H/t11-;/m1./s1. The van der Waals surface area contributed by atoms with Gasteiger partial charge in [0.1, 0.15) is 0 Å². The van der Waals surface area contributed by atoms with Crippen LogP contribution in [-0.4, -0.2) is 0 Å². The smallest absolute Gasteiger partial charge is 0.320 e. The molecule has 1 nitrogen and oxygen atoms in total. The van der Waals surface area contributed by atoms with Crippen molar-refractivity contribution in [1.82, 2.24) is 0 Å². The highest BCUT2D eigenvalue weighted by Gasteiger charge is 2.33. The van der Waals surface area contributed by atoms with Crippen molar-refractivity contribution in [3.8, 4) is 0 Å². The zero-order chi connectivity index (χ0) is 13.3. The second kappa shape index (κ2) is 6.13. The Morgan fingerprint density at radius 1 is 1.16 bits per heavy atom. The van der Waals surface area contributed by atoms with Crippen LogP contribution in [0.1, 0.15) is 22.7 Å².